The Labute approximate surface area is 133 Å². The molecule has 4 nitrogen and oxygen atoms in total. The van der Waals surface area contributed by atoms with E-state index in [1.54, 1.807) is 6.08 Å². The number of rotatable bonds is 6. The molecule has 0 fully saturated rings. The Balaban J connectivity index is 2.67. The van der Waals surface area contributed by atoms with E-state index in [1.165, 1.54) is 13.2 Å². The van der Waals surface area contributed by atoms with Crippen molar-refractivity contribution in [2.75, 3.05) is 7.11 Å². The van der Waals surface area contributed by atoms with Crippen molar-refractivity contribution in [1.29, 1.82) is 0 Å². The first-order valence-corrected chi connectivity index (χ1v) is 7.53. The summed E-state index contributed by atoms with van der Waals surface area (Å²) in [5, 5.41) is 2.67. The van der Waals surface area contributed by atoms with Crippen molar-refractivity contribution >= 4 is 33.9 Å². The molecule has 1 rings (SSSR count). The Hall–Kier alpha value is -1.62. The Bertz CT molecular complexity index is 526. The van der Waals surface area contributed by atoms with E-state index in [1.807, 2.05) is 38.1 Å². The van der Waals surface area contributed by atoms with Gasteiger partial charge in [-0.25, -0.2) is 4.79 Å². The van der Waals surface area contributed by atoms with Gasteiger partial charge in [-0.15, -0.1) is 0 Å². The predicted molar refractivity (Wildman–Crippen MR) is 86.6 cm³/mol. The molecule has 0 aliphatic carbocycles. The maximum absolute atomic E-state index is 11.9. The van der Waals surface area contributed by atoms with Crippen molar-refractivity contribution in [3.8, 4) is 0 Å². The van der Waals surface area contributed by atoms with Crippen LogP contribution in [0.5, 0.6) is 0 Å². The third-order valence-electron chi connectivity index (χ3n) is 2.79. The summed E-state index contributed by atoms with van der Waals surface area (Å²) < 4.78 is 5.65. The molecule has 0 radical (unpaired) electrons. The molecular weight excluding hydrogens is 334 g/mol. The fraction of sp³-hybridized carbons (Fsp3) is 0.375. The van der Waals surface area contributed by atoms with E-state index < -0.39 is 12.0 Å². The lowest BCUT2D eigenvalue weighted by Crippen LogP contribution is -2.41. The highest BCUT2D eigenvalue weighted by Crippen LogP contribution is 2.12. The standard InChI is InChI=1S/C16H20BrNO3/c1-11(2)9-14(16(20)21-3)18-15(19)8-7-12-5-4-6-13(17)10-12/h4-8,10-11,14H,9H2,1-3H3,(H,18,19)/b8-7+. The summed E-state index contributed by atoms with van der Waals surface area (Å²) in [4.78, 5) is 23.5. The average molecular weight is 354 g/mol. The number of carbonyl (C=O) groups is 2. The molecular formula is C16H20BrNO3. The molecule has 1 unspecified atom stereocenters. The van der Waals surface area contributed by atoms with Crippen LogP contribution < -0.4 is 5.32 Å². The van der Waals surface area contributed by atoms with Crippen LogP contribution in [0.15, 0.2) is 34.8 Å². The molecule has 0 saturated carbocycles. The Morgan fingerprint density at radius 3 is 2.67 bits per heavy atom. The zero-order valence-electron chi connectivity index (χ0n) is 12.4. The van der Waals surface area contributed by atoms with Gasteiger partial charge in [0.1, 0.15) is 6.04 Å². The lowest BCUT2D eigenvalue weighted by atomic mass is 10.0. The number of carbonyl (C=O) groups excluding carboxylic acids is 2. The molecule has 21 heavy (non-hydrogen) atoms. The number of benzene rings is 1. The molecule has 1 aromatic rings. The molecule has 0 heterocycles. The molecule has 1 atom stereocenters. The Kier molecular flexibility index (Phi) is 7.15. The van der Waals surface area contributed by atoms with Crippen molar-refractivity contribution in [2.45, 2.75) is 26.3 Å². The second-order valence-electron chi connectivity index (χ2n) is 5.10. The van der Waals surface area contributed by atoms with E-state index in [9.17, 15) is 9.59 Å². The summed E-state index contributed by atoms with van der Waals surface area (Å²) >= 11 is 3.37. The first kappa shape index (κ1) is 17.4. The molecule has 1 amide bonds. The fourth-order valence-corrected chi connectivity index (χ4v) is 2.25. The van der Waals surface area contributed by atoms with Crippen LogP contribution in [0.4, 0.5) is 0 Å². The molecule has 0 aromatic heterocycles. The molecule has 1 N–H and O–H groups in total. The van der Waals surface area contributed by atoms with Crippen LogP contribution in [0.3, 0.4) is 0 Å². The van der Waals surface area contributed by atoms with Crippen LogP contribution in [0, 0.1) is 5.92 Å². The number of esters is 1. The van der Waals surface area contributed by atoms with Gasteiger partial charge in [-0.05, 0) is 36.1 Å². The van der Waals surface area contributed by atoms with Crippen molar-refractivity contribution in [2.24, 2.45) is 5.92 Å². The Morgan fingerprint density at radius 2 is 2.10 bits per heavy atom. The Morgan fingerprint density at radius 1 is 1.38 bits per heavy atom. The SMILES string of the molecule is COC(=O)C(CC(C)C)NC(=O)/C=C/c1cccc(Br)c1. The van der Waals surface area contributed by atoms with Crippen LogP contribution in [0.1, 0.15) is 25.8 Å². The maximum atomic E-state index is 11.9. The first-order chi connectivity index (χ1) is 9.92. The maximum Gasteiger partial charge on any atom is 0.328 e. The largest absolute Gasteiger partial charge is 0.467 e. The number of halogens is 1. The first-order valence-electron chi connectivity index (χ1n) is 6.74. The second-order valence-corrected chi connectivity index (χ2v) is 6.02. The van der Waals surface area contributed by atoms with Crippen LogP contribution in [0.25, 0.3) is 6.08 Å². The van der Waals surface area contributed by atoms with Gasteiger partial charge in [0.05, 0.1) is 7.11 Å². The normalized spacial score (nSPS) is 12.4. The average Bonchev–Trinajstić information content (AvgIpc) is 2.43. The number of nitrogens with one attached hydrogen (secondary N) is 1. The number of methoxy groups -OCH3 is 1. The van der Waals surface area contributed by atoms with Gasteiger partial charge in [-0.3, -0.25) is 4.79 Å². The van der Waals surface area contributed by atoms with Crippen molar-refractivity contribution in [1.82, 2.24) is 5.32 Å². The minimum atomic E-state index is -0.616. The lowest BCUT2D eigenvalue weighted by Gasteiger charge is -2.17. The van der Waals surface area contributed by atoms with E-state index in [0.29, 0.717) is 6.42 Å². The third kappa shape index (κ3) is 6.58. The number of hydrogen-bond donors (Lipinski definition) is 1. The molecule has 0 aliphatic heterocycles. The lowest BCUT2D eigenvalue weighted by molar-refractivity contribution is -0.145. The van der Waals surface area contributed by atoms with Crippen molar-refractivity contribution in [3.05, 3.63) is 40.4 Å². The van der Waals surface area contributed by atoms with Gasteiger partial charge in [0.25, 0.3) is 0 Å². The molecule has 0 spiro atoms. The highest BCUT2D eigenvalue weighted by Gasteiger charge is 2.21. The van der Waals surface area contributed by atoms with Crippen LogP contribution in [-0.2, 0) is 14.3 Å². The molecule has 1 aromatic carbocycles. The number of hydrogen-bond acceptors (Lipinski definition) is 3. The van der Waals surface area contributed by atoms with E-state index >= 15 is 0 Å². The summed E-state index contributed by atoms with van der Waals surface area (Å²) in [5.74, 6) is -0.456. The number of amides is 1. The van der Waals surface area contributed by atoms with Gasteiger partial charge in [0.2, 0.25) is 5.91 Å². The summed E-state index contributed by atoms with van der Waals surface area (Å²) in [6.07, 6.45) is 3.66. The third-order valence-corrected chi connectivity index (χ3v) is 3.28. The van der Waals surface area contributed by atoms with Gasteiger partial charge in [-0.2, -0.15) is 0 Å². The van der Waals surface area contributed by atoms with Crippen LogP contribution in [0.2, 0.25) is 0 Å². The van der Waals surface area contributed by atoms with Crippen molar-refractivity contribution in [3.63, 3.8) is 0 Å². The van der Waals surface area contributed by atoms with Crippen LogP contribution in [-0.4, -0.2) is 25.0 Å². The molecule has 5 heteroatoms. The zero-order chi connectivity index (χ0) is 15.8. The van der Waals surface area contributed by atoms with Gasteiger partial charge >= 0.3 is 5.97 Å². The van der Waals surface area contributed by atoms with Gasteiger partial charge in [-0.1, -0.05) is 41.9 Å². The summed E-state index contributed by atoms with van der Waals surface area (Å²) in [5.41, 5.74) is 0.901. The summed E-state index contributed by atoms with van der Waals surface area (Å²) in [7, 11) is 1.32. The monoisotopic (exact) mass is 353 g/mol. The molecule has 0 saturated heterocycles. The highest BCUT2D eigenvalue weighted by atomic mass is 79.9. The van der Waals surface area contributed by atoms with E-state index in [0.717, 1.165) is 10.0 Å². The molecule has 0 bridgehead atoms. The van der Waals surface area contributed by atoms with Gasteiger partial charge in [0, 0.05) is 10.5 Å². The summed E-state index contributed by atoms with van der Waals surface area (Å²) in [6, 6.07) is 6.97. The van der Waals surface area contributed by atoms with Crippen molar-refractivity contribution < 1.29 is 14.3 Å². The topological polar surface area (TPSA) is 55.4 Å². The predicted octanol–water partition coefficient (Wildman–Crippen LogP) is 3.17. The quantitative estimate of drug-likeness (QED) is 0.631. The molecule has 114 valence electrons. The smallest absolute Gasteiger partial charge is 0.328 e. The van der Waals surface area contributed by atoms with Gasteiger partial charge in [0.15, 0.2) is 0 Å². The van der Waals surface area contributed by atoms with E-state index in [4.69, 9.17) is 4.74 Å². The van der Waals surface area contributed by atoms with Gasteiger partial charge < -0.3 is 10.1 Å². The minimum Gasteiger partial charge on any atom is -0.467 e. The fourth-order valence-electron chi connectivity index (χ4n) is 1.83. The number of ether oxygens (including phenoxy) is 1. The van der Waals surface area contributed by atoms with E-state index in [2.05, 4.69) is 21.2 Å². The highest BCUT2D eigenvalue weighted by molar-refractivity contribution is 9.10. The van der Waals surface area contributed by atoms with Crippen LogP contribution >= 0.6 is 15.9 Å². The van der Waals surface area contributed by atoms with E-state index in [-0.39, 0.29) is 11.8 Å². The minimum absolute atomic E-state index is 0.281. The zero-order valence-corrected chi connectivity index (χ0v) is 14.0. The summed E-state index contributed by atoms with van der Waals surface area (Å²) in [6.45, 7) is 3.97. The second kappa shape index (κ2) is 8.62. The molecule has 0 aliphatic rings.